The van der Waals surface area contributed by atoms with Gasteiger partial charge in [0.15, 0.2) is 0 Å². The van der Waals surface area contributed by atoms with Crippen molar-refractivity contribution in [3.05, 3.63) is 40.9 Å². The summed E-state index contributed by atoms with van der Waals surface area (Å²) in [4.78, 5) is 0. The standard InChI is InChI=1S/C14H12BBrO2/c1-17-13-6-4-10(16)8-11(13)9-3-5-14(18-2)12(15)7-9/h3-8H,1-2H3. The molecule has 0 bridgehead atoms. The third kappa shape index (κ3) is 2.54. The van der Waals surface area contributed by atoms with Crippen molar-refractivity contribution in [2.24, 2.45) is 0 Å². The van der Waals surface area contributed by atoms with E-state index in [4.69, 9.17) is 17.3 Å². The number of methoxy groups -OCH3 is 2. The monoisotopic (exact) mass is 302 g/mol. The summed E-state index contributed by atoms with van der Waals surface area (Å²) in [6, 6.07) is 11.5. The number of hydrogen-bond donors (Lipinski definition) is 0. The van der Waals surface area contributed by atoms with Gasteiger partial charge in [-0.3, -0.25) is 0 Å². The lowest BCUT2D eigenvalue weighted by molar-refractivity contribution is 0.416. The van der Waals surface area contributed by atoms with Crippen LogP contribution in [0.15, 0.2) is 40.9 Å². The van der Waals surface area contributed by atoms with E-state index in [1.165, 1.54) is 0 Å². The maximum atomic E-state index is 5.92. The second-order valence-electron chi connectivity index (χ2n) is 3.80. The van der Waals surface area contributed by atoms with Crippen molar-refractivity contribution in [3.8, 4) is 22.6 Å². The normalized spacial score (nSPS) is 10.2. The van der Waals surface area contributed by atoms with Gasteiger partial charge < -0.3 is 9.47 Å². The first-order valence-corrected chi connectivity index (χ1v) is 6.22. The molecule has 2 nitrogen and oxygen atoms in total. The molecular weight excluding hydrogens is 291 g/mol. The molecule has 2 radical (unpaired) electrons. The number of benzene rings is 2. The molecule has 0 amide bonds. The van der Waals surface area contributed by atoms with Crippen LogP contribution in [0, 0.1) is 0 Å². The summed E-state index contributed by atoms with van der Waals surface area (Å²) >= 11 is 3.46. The van der Waals surface area contributed by atoms with Gasteiger partial charge in [-0.05, 0) is 29.8 Å². The molecule has 18 heavy (non-hydrogen) atoms. The van der Waals surface area contributed by atoms with E-state index in [0.29, 0.717) is 11.2 Å². The highest BCUT2D eigenvalue weighted by Gasteiger charge is 2.08. The van der Waals surface area contributed by atoms with Crippen LogP contribution >= 0.6 is 15.9 Å². The molecule has 0 fully saturated rings. The molecule has 0 aliphatic carbocycles. The summed E-state index contributed by atoms with van der Waals surface area (Å²) in [5, 5.41) is 0. The molecule has 0 N–H and O–H groups in total. The minimum Gasteiger partial charge on any atom is -0.497 e. The maximum Gasteiger partial charge on any atom is 0.126 e. The molecule has 0 saturated heterocycles. The van der Waals surface area contributed by atoms with Gasteiger partial charge in [-0.2, -0.15) is 0 Å². The molecule has 2 aromatic carbocycles. The van der Waals surface area contributed by atoms with Crippen molar-refractivity contribution in [3.63, 3.8) is 0 Å². The lowest BCUT2D eigenvalue weighted by Crippen LogP contribution is -2.07. The van der Waals surface area contributed by atoms with Gasteiger partial charge in [-0.25, -0.2) is 0 Å². The highest BCUT2D eigenvalue weighted by molar-refractivity contribution is 9.10. The Morgan fingerprint density at radius 2 is 1.61 bits per heavy atom. The van der Waals surface area contributed by atoms with Crippen LogP contribution in [0.2, 0.25) is 0 Å². The Kier molecular flexibility index (Phi) is 3.97. The smallest absolute Gasteiger partial charge is 0.126 e. The molecule has 0 unspecified atom stereocenters. The molecule has 0 spiro atoms. The van der Waals surface area contributed by atoms with Gasteiger partial charge in [-0.15, -0.1) is 0 Å². The van der Waals surface area contributed by atoms with Crippen molar-refractivity contribution in [1.82, 2.24) is 0 Å². The minimum atomic E-state index is 0.608. The summed E-state index contributed by atoms with van der Waals surface area (Å²) in [5.41, 5.74) is 2.59. The third-order valence-corrected chi connectivity index (χ3v) is 3.20. The number of halogens is 1. The minimum absolute atomic E-state index is 0.608. The molecule has 2 rings (SSSR count). The number of rotatable bonds is 3. The zero-order chi connectivity index (χ0) is 13.1. The fourth-order valence-corrected chi connectivity index (χ4v) is 2.17. The van der Waals surface area contributed by atoms with Gasteiger partial charge >= 0.3 is 0 Å². The Bertz CT molecular complexity index is 570. The van der Waals surface area contributed by atoms with Gasteiger partial charge in [0.05, 0.1) is 14.2 Å². The van der Waals surface area contributed by atoms with Crippen molar-refractivity contribution >= 4 is 29.2 Å². The van der Waals surface area contributed by atoms with Crippen LogP contribution < -0.4 is 14.9 Å². The van der Waals surface area contributed by atoms with Gasteiger partial charge in [0.1, 0.15) is 19.3 Å². The van der Waals surface area contributed by atoms with Crippen LogP contribution in [0.5, 0.6) is 11.5 Å². The summed E-state index contributed by atoms with van der Waals surface area (Å²) in [7, 11) is 9.18. The zero-order valence-corrected chi connectivity index (χ0v) is 11.8. The molecule has 0 atom stereocenters. The SMILES string of the molecule is [B]c1cc(-c2cc(Br)ccc2OC)ccc1OC. The third-order valence-electron chi connectivity index (χ3n) is 2.70. The van der Waals surface area contributed by atoms with Crippen LogP contribution in [-0.2, 0) is 0 Å². The lowest BCUT2D eigenvalue weighted by atomic mass is 9.91. The average molecular weight is 303 g/mol. The van der Waals surface area contributed by atoms with Crippen molar-refractivity contribution < 1.29 is 9.47 Å². The van der Waals surface area contributed by atoms with E-state index >= 15 is 0 Å². The Hall–Kier alpha value is -1.42. The molecular formula is C14H12BBrO2. The first-order valence-electron chi connectivity index (χ1n) is 5.43. The maximum absolute atomic E-state index is 5.92. The van der Waals surface area contributed by atoms with Crippen LogP contribution in [-0.4, -0.2) is 22.1 Å². The molecule has 0 aliphatic rings. The summed E-state index contributed by atoms with van der Waals surface area (Å²) in [5.74, 6) is 1.48. The van der Waals surface area contributed by atoms with E-state index in [1.807, 2.05) is 36.4 Å². The Morgan fingerprint density at radius 1 is 0.944 bits per heavy atom. The quantitative estimate of drug-likeness (QED) is 0.812. The van der Waals surface area contributed by atoms with Crippen molar-refractivity contribution in [1.29, 1.82) is 0 Å². The summed E-state index contributed by atoms with van der Waals surface area (Å²) < 4.78 is 11.5. The van der Waals surface area contributed by atoms with Crippen LogP contribution in [0.4, 0.5) is 0 Å². The highest BCUT2D eigenvalue weighted by atomic mass is 79.9. The van der Waals surface area contributed by atoms with Crippen LogP contribution in [0.1, 0.15) is 0 Å². The Morgan fingerprint density at radius 3 is 2.22 bits per heavy atom. The van der Waals surface area contributed by atoms with E-state index < -0.39 is 0 Å². The van der Waals surface area contributed by atoms with Crippen molar-refractivity contribution in [2.45, 2.75) is 0 Å². The summed E-state index contributed by atoms with van der Waals surface area (Å²) in [6.07, 6.45) is 0. The van der Waals surface area contributed by atoms with E-state index in [1.54, 1.807) is 14.2 Å². The average Bonchev–Trinajstić information content (AvgIpc) is 2.38. The first-order chi connectivity index (χ1) is 8.65. The highest BCUT2D eigenvalue weighted by Crippen LogP contribution is 2.32. The van der Waals surface area contributed by atoms with E-state index in [-0.39, 0.29) is 0 Å². The molecule has 4 heteroatoms. The second-order valence-corrected chi connectivity index (χ2v) is 4.72. The Labute approximate surface area is 116 Å². The van der Waals surface area contributed by atoms with Crippen LogP contribution in [0.25, 0.3) is 11.1 Å². The van der Waals surface area contributed by atoms with Gasteiger partial charge in [0, 0.05) is 10.0 Å². The topological polar surface area (TPSA) is 18.5 Å². The predicted octanol–water partition coefficient (Wildman–Crippen LogP) is 2.93. The predicted molar refractivity (Wildman–Crippen MR) is 78.1 cm³/mol. The number of ether oxygens (including phenoxy) is 2. The summed E-state index contributed by atoms with van der Waals surface area (Å²) in [6.45, 7) is 0. The van der Waals surface area contributed by atoms with E-state index in [9.17, 15) is 0 Å². The molecule has 0 heterocycles. The van der Waals surface area contributed by atoms with E-state index in [0.717, 1.165) is 21.3 Å². The second kappa shape index (κ2) is 5.48. The molecule has 0 aromatic heterocycles. The largest absolute Gasteiger partial charge is 0.497 e. The molecule has 2 aromatic rings. The van der Waals surface area contributed by atoms with Crippen LogP contribution in [0.3, 0.4) is 0 Å². The van der Waals surface area contributed by atoms with E-state index in [2.05, 4.69) is 15.9 Å². The molecule has 0 saturated carbocycles. The van der Waals surface area contributed by atoms with Gasteiger partial charge in [0.2, 0.25) is 0 Å². The zero-order valence-electron chi connectivity index (χ0n) is 10.2. The fourth-order valence-electron chi connectivity index (χ4n) is 1.81. The van der Waals surface area contributed by atoms with Crippen molar-refractivity contribution in [2.75, 3.05) is 14.2 Å². The van der Waals surface area contributed by atoms with Gasteiger partial charge in [-0.1, -0.05) is 33.5 Å². The van der Waals surface area contributed by atoms with Gasteiger partial charge in [0.25, 0.3) is 0 Å². The molecule has 0 aliphatic heterocycles. The Balaban J connectivity index is 2.54. The lowest BCUT2D eigenvalue weighted by Gasteiger charge is -2.11. The molecule has 90 valence electrons. The number of hydrogen-bond acceptors (Lipinski definition) is 2. The fraction of sp³-hybridized carbons (Fsp3) is 0.143. The first kappa shape index (κ1) is 13.0.